The first-order valence-corrected chi connectivity index (χ1v) is 45.7. The van der Waals surface area contributed by atoms with Crippen LogP contribution in [-0.4, -0.2) is 196 Å². The predicted molar refractivity (Wildman–Crippen MR) is 448 cm³/mol. The molecule has 1 saturated heterocycles. The van der Waals surface area contributed by atoms with E-state index in [-0.39, 0.29) is 62.1 Å². The molecule has 108 heavy (non-hydrogen) atoms. The lowest BCUT2D eigenvalue weighted by Crippen LogP contribution is -2.45. The van der Waals surface area contributed by atoms with Gasteiger partial charge in [0.25, 0.3) is 0 Å². The maximum absolute atomic E-state index is 13.1. The molecule has 630 valence electrons. The maximum atomic E-state index is 13.1. The summed E-state index contributed by atoms with van der Waals surface area (Å²) in [5.74, 6) is 0.0699. The van der Waals surface area contributed by atoms with Crippen molar-refractivity contribution in [3.63, 3.8) is 0 Å². The van der Waals surface area contributed by atoms with Crippen molar-refractivity contribution in [2.24, 2.45) is 0 Å². The zero-order valence-corrected chi connectivity index (χ0v) is 70.7. The number of unbranched alkanes of at least 4 members (excludes halogenated alkanes) is 44. The summed E-state index contributed by atoms with van der Waals surface area (Å²) in [7, 11) is 2.12. The van der Waals surface area contributed by atoms with Gasteiger partial charge in [-0.2, -0.15) is 15.0 Å². The third-order valence-electron chi connectivity index (χ3n) is 21.2. The van der Waals surface area contributed by atoms with Crippen LogP contribution < -0.4 is 16.0 Å². The van der Waals surface area contributed by atoms with Gasteiger partial charge in [0.15, 0.2) is 0 Å². The van der Waals surface area contributed by atoms with Gasteiger partial charge >= 0.3 is 29.8 Å². The van der Waals surface area contributed by atoms with E-state index in [1.807, 2.05) is 0 Å². The van der Waals surface area contributed by atoms with Crippen molar-refractivity contribution in [1.82, 2.24) is 34.6 Å². The van der Waals surface area contributed by atoms with Crippen molar-refractivity contribution < 1.29 is 47.7 Å². The Morgan fingerprint density at radius 2 is 0.491 bits per heavy atom. The van der Waals surface area contributed by atoms with Crippen LogP contribution in [0.5, 0.6) is 0 Å². The topological polar surface area (TPSA) is 219 Å². The minimum absolute atomic E-state index is 0.200. The summed E-state index contributed by atoms with van der Waals surface area (Å²) in [5, 5.41) is 10.2. The van der Waals surface area contributed by atoms with Crippen LogP contribution in [0, 0.1) is 0 Å². The zero-order chi connectivity index (χ0) is 77.7. The fourth-order valence-electron chi connectivity index (χ4n) is 13.9. The van der Waals surface area contributed by atoms with Crippen molar-refractivity contribution >= 4 is 47.7 Å². The second-order valence-electron chi connectivity index (χ2n) is 31.4. The lowest BCUT2D eigenvalue weighted by Gasteiger charge is -2.31. The molecule has 3 N–H and O–H groups in total. The number of likely N-dealkylation sites (N-methyl/N-ethyl adjacent to an activating group) is 1. The van der Waals surface area contributed by atoms with Crippen LogP contribution in [-0.2, 0) is 47.7 Å². The van der Waals surface area contributed by atoms with Gasteiger partial charge in [-0.3, -0.25) is 24.0 Å². The molecule has 2 rings (SSSR count). The third-order valence-corrected chi connectivity index (χ3v) is 21.2. The Kier molecular flexibility index (Phi) is 70.7. The number of carbonyl (C=O) groups excluding carboxylic acids is 5. The Morgan fingerprint density at radius 1 is 0.278 bits per heavy atom. The van der Waals surface area contributed by atoms with Gasteiger partial charge in [-0.05, 0) is 65.1 Å². The van der Waals surface area contributed by atoms with Crippen LogP contribution in [0.15, 0.2) is 0 Å². The van der Waals surface area contributed by atoms with Gasteiger partial charge < -0.3 is 59.2 Å². The first-order chi connectivity index (χ1) is 53.0. The molecule has 1 fully saturated rings. The molecule has 0 unspecified atom stereocenters. The average molecular weight is 1530 g/mol. The van der Waals surface area contributed by atoms with Gasteiger partial charge in [-0.1, -0.05) is 310 Å². The Morgan fingerprint density at radius 3 is 0.741 bits per heavy atom. The first-order valence-electron chi connectivity index (χ1n) is 45.7. The molecule has 0 spiro atoms. The number of nitrogens with zero attached hydrogens (tertiary/aromatic N) is 7. The average Bonchev–Trinajstić information content (AvgIpc) is 0.855. The standard InChI is InChI=1S/C88H168N10O10/c1-6-10-14-18-22-26-30-34-38-42-46-50-76-104-81(99)57-67-96(68-58-82(100)105-77-51-47-43-39-35-31-27-23-19-15-11-7-2)65-54-62-89-86-92-87(94-88(93-86)91-64-56-80-108-85(103)61-71-98-74-72-95(5)73-75-98)90-63-55-66-97(69-59-83(101)106-78-52-48-44-40-36-32-28-24-20-16-12-8-3)70-60-84(102)107-79-53-49-45-41-37-33-29-25-21-17-13-9-4/h6-80H2,1-5H3,(H3,89,90,91,92,93,94). The van der Waals surface area contributed by atoms with Gasteiger partial charge in [0.1, 0.15) is 0 Å². The van der Waals surface area contributed by atoms with E-state index in [0.29, 0.717) is 135 Å². The van der Waals surface area contributed by atoms with Crippen LogP contribution in [0.25, 0.3) is 0 Å². The van der Waals surface area contributed by atoms with Gasteiger partial charge in [0.2, 0.25) is 17.8 Å². The van der Waals surface area contributed by atoms with Gasteiger partial charge in [-0.25, -0.2) is 0 Å². The molecule has 0 saturated carbocycles. The SMILES string of the molecule is CCCCCCCCCCCCCCOC(=O)CCN(CCCNc1nc(NCCCOC(=O)CCN2CCN(C)CC2)nc(NCCCN(CCC(=O)OCCCCCCCCCCCCCC)CCC(=O)OCCCCCCCCCCCCCC)n1)CCC(=O)OCCCCCCCCCCCCCC. The summed E-state index contributed by atoms with van der Waals surface area (Å²) >= 11 is 0. The number of nitrogens with one attached hydrogen (secondary N) is 3. The molecule has 0 atom stereocenters. The normalized spacial score (nSPS) is 12.7. The van der Waals surface area contributed by atoms with E-state index < -0.39 is 0 Å². The highest BCUT2D eigenvalue weighted by Gasteiger charge is 2.18. The van der Waals surface area contributed by atoms with Crippen molar-refractivity contribution in [3.05, 3.63) is 0 Å². The minimum atomic E-state index is -0.215. The maximum Gasteiger partial charge on any atom is 0.307 e. The van der Waals surface area contributed by atoms with Gasteiger partial charge in [0, 0.05) is 78.5 Å². The summed E-state index contributed by atoms with van der Waals surface area (Å²) in [4.78, 5) is 88.5. The predicted octanol–water partition coefficient (Wildman–Crippen LogP) is 20.6. The molecule has 1 aromatic heterocycles. The van der Waals surface area contributed by atoms with Crippen LogP contribution >= 0.6 is 0 Å². The fourth-order valence-corrected chi connectivity index (χ4v) is 13.9. The van der Waals surface area contributed by atoms with Gasteiger partial charge in [-0.15, -0.1) is 0 Å². The molecule has 0 bridgehead atoms. The van der Waals surface area contributed by atoms with E-state index in [1.165, 1.54) is 257 Å². The van der Waals surface area contributed by atoms with E-state index in [1.54, 1.807) is 0 Å². The summed E-state index contributed by atoms with van der Waals surface area (Å²) < 4.78 is 28.5. The molecule has 1 aliphatic rings. The number of carbonyl (C=O) groups is 5. The Bertz CT molecular complexity index is 2000. The summed E-state index contributed by atoms with van der Waals surface area (Å²) in [6.07, 6.45) is 63.1. The number of piperazine rings is 1. The number of anilines is 3. The van der Waals surface area contributed by atoms with Crippen LogP contribution in [0.4, 0.5) is 17.8 Å². The lowest BCUT2D eigenvalue weighted by atomic mass is 10.1. The lowest BCUT2D eigenvalue weighted by molar-refractivity contribution is -0.146. The Balaban J connectivity index is 2.09. The second-order valence-corrected chi connectivity index (χ2v) is 31.4. The van der Waals surface area contributed by atoms with Crippen LogP contribution in [0.1, 0.15) is 387 Å². The highest BCUT2D eigenvalue weighted by Crippen LogP contribution is 2.19. The number of aromatic nitrogens is 3. The molecule has 20 nitrogen and oxygen atoms in total. The van der Waals surface area contributed by atoms with Crippen molar-refractivity contribution in [1.29, 1.82) is 0 Å². The van der Waals surface area contributed by atoms with Crippen molar-refractivity contribution in [2.45, 2.75) is 387 Å². The van der Waals surface area contributed by atoms with E-state index >= 15 is 0 Å². The van der Waals surface area contributed by atoms with Crippen LogP contribution in [0.3, 0.4) is 0 Å². The van der Waals surface area contributed by atoms with Crippen molar-refractivity contribution in [3.8, 4) is 0 Å². The number of esters is 5. The number of hydrogen-bond donors (Lipinski definition) is 3. The van der Waals surface area contributed by atoms with Crippen LogP contribution in [0.2, 0.25) is 0 Å². The molecule has 0 aromatic carbocycles. The van der Waals surface area contributed by atoms with E-state index in [9.17, 15) is 24.0 Å². The van der Waals surface area contributed by atoms with E-state index in [0.717, 1.165) is 77.5 Å². The highest BCUT2D eigenvalue weighted by molar-refractivity contribution is 5.71. The highest BCUT2D eigenvalue weighted by atomic mass is 16.5. The quantitative estimate of drug-likeness (QED) is 0.0314. The summed E-state index contributed by atoms with van der Waals surface area (Å²) in [5.41, 5.74) is 0. The molecule has 1 aliphatic heterocycles. The Labute approximate surface area is 661 Å². The zero-order valence-electron chi connectivity index (χ0n) is 70.7. The van der Waals surface area contributed by atoms with E-state index in [4.69, 9.17) is 38.6 Å². The molecule has 1 aromatic rings. The molecular formula is C88H168N10O10. The molecule has 20 heteroatoms. The molecule has 0 aliphatic carbocycles. The van der Waals surface area contributed by atoms with Crippen molar-refractivity contribution in [2.75, 3.05) is 148 Å². The smallest absolute Gasteiger partial charge is 0.307 e. The molecule has 0 amide bonds. The molecule has 0 radical (unpaired) electrons. The minimum Gasteiger partial charge on any atom is -0.466 e. The largest absolute Gasteiger partial charge is 0.466 e. The molecular weight excluding hydrogens is 1360 g/mol. The monoisotopic (exact) mass is 1530 g/mol. The third kappa shape index (κ3) is 66.2. The fraction of sp³-hybridized carbons (Fsp3) is 0.909. The molecule has 2 heterocycles. The van der Waals surface area contributed by atoms with Gasteiger partial charge in [0.05, 0.1) is 65.1 Å². The Hall–Kier alpha value is -4.40. The summed E-state index contributed by atoms with van der Waals surface area (Å²) in [6.45, 7) is 20.2. The number of rotatable bonds is 82. The number of hydrogen-bond acceptors (Lipinski definition) is 20. The summed E-state index contributed by atoms with van der Waals surface area (Å²) in [6, 6.07) is 0. The number of ether oxygens (including phenoxy) is 5. The second kappa shape index (κ2) is 76.6. The first kappa shape index (κ1) is 99.7. The van der Waals surface area contributed by atoms with E-state index in [2.05, 4.69) is 70.3 Å².